The molecule has 1 rings (SSSR count). The minimum atomic E-state index is 1.11. The predicted octanol–water partition coefficient (Wildman–Crippen LogP) is 3.26. The van der Waals surface area contributed by atoms with Crippen molar-refractivity contribution in [3.05, 3.63) is 24.3 Å². The van der Waals surface area contributed by atoms with Crippen molar-refractivity contribution in [1.82, 2.24) is 0 Å². The van der Waals surface area contributed by atoms with Gasteiger partial charge in [-0.1, -0.05) is 18.2 Å². The zero-order valence-corrected chi connectivity index (χ0v) is 6.47. The molecule has 0 amide bonds. The predicted molar refractivity (Wildman–Crippen MR) is 44.7 cm³/mol. The number of hydrogen-bond donors (Lipinski definition) is 0. The molecule has 0 aromatic rings. The van der Waals surface area contributed by atoms with Crippen molar-refractivity contribution in [2.45, 2.75) is 38.5 Å². The second-order valence-corrected chi connectivity index (χ2v) is 2.70. The minimum absolute atomic E-state index is 1.11. The Morgan fingerprint density at radius 1 is 0.900 bits per heavy atom. The van der Waals surface area contributed by atoms with E-state index < -0.39 is 0 Å². The van der Waals surface area contributed by atoms with Gasteiger partial charge < -0.3 is 0 Å². The molecule has 1 aliphatic rings. The van der Waals surface area contributed by atoms with Crippen molar-refractivity contribution in [3.63, 3.8) is 0 Å². The van der Waals surface area contributed by atoms with Gasteiger partial charge in [-0.3, -0.25) is 0 Å². The lowest BCUT2D eigenvalue weighted by Gasteiger charge is -1.95. The van der Waals surface area contributed by atoms with Crippen LogP contribution >= 0.6 is 0 Å². The maximum absolute atomic E-state index is 3.28. The molecule has 0 aliphatic heterocycles. The largest absolute Gasteiger partial charge is 0.0885 e. The first-order chi connectivity index (χ1) is 5.00. The highest BCUT2D eigenvalue weighted by Gasteiger charge is 1.86. The van der Waals surface area contributed by atoms with Gasteiger partial charge in [-0.2, -0.15) is 0 Å². The summed E-state index contributed by atoms with van der Waals surface area (Å²) in [6, 6.07) is 0. The van der Waals surface area contributed by atoms with Gasteiger partial charge in [-0.15, -0.1) is 0 Å². The first kappa shape index (κ1) is 7.59. The third kappa shape index (κ3) is 3.49. The van der Waals surface area contributed by atoms with Gasteiger partial charge in [0, 0.05) is 0 Å². The summed E-state index contributed by atoms with van der Waals surface area (Å²) in [5.41, 5.74) is 0. The van der Waals surface area contributed by atoms with Gasteiger partial charge in [-0.05, 0) is 44.6 Å². The highest BCUT2D eigenvalue weighted by atomic mass is 13.9. The lowest BCUT2D eigenvalue weighted by molar-refractivity contribution is 0.752. The third-order valence-electron chi connectivity index (χ3n) is 1.74. The van der Waals surface area contributed by atoms with E-state index in [4.69, 9.17) is 0 Å². The maximum atomic E-state index is 3.28. The van der Waals surface area contributed by atoms with Gasteiger partial charge >= 0.3 is 0 Å². The second kappa shape index (κ2) is 5.28. The molecular formula is C10H15. The van der Waals surface area contributed by atoms with Crippen molar-refractivity contribution in [2.75, 3.05) is 0 Å². The van der Waals surface area contributed by atoms with Gasteiger partial charge in [0.2, 0.25) is 0 Å². The molecule has 0 aromatic heterocycles. The zero-order chi connectivity index (χ0) is 7.07. The summed E-state index contributed by atoms with van der Waals surface area (Å²) in [4.78, 5) is 0. The van der Waals surface area contributed by atoms with E-state index in [1.54, 1.807) is 0 Å². The molecule has 0 fully saturated rings. The van der Waals surface area contributed by atoms with Crippen LogP contribution in [0.5, 0.6) is 0 Å². The minimum Gasteiger partial charge on any atom is -0.0885 e. The van der Waals surface area contributed by atoms with Crippen LogP contribution < -0.4 is 0 Å². The molecule has 1 radical (unpaired) electrons. The molecule has 0 saturated heterocycles. The molecule has 55 valence electrons. The Hall–Kier alpha value is -0.520. The molecule has 0 N–H and O–H groups in total. The average Bonchev–Trinajstić information content (AvgIpc) is 2.01. The van der Waals surface area contributed by atoms with Crippen LogP contribution in [0.4, 0.5) is 0 Å². The Balaban J connectivity index is 2.23. The molecule has 10 heavy (non-hydrogen) atoms. The number of rotatable bonds is 0. The first-order valence-corrected chi connectivity index (χ1v) is 4.20. The Bertz CT molecular complexity index is 104. The number of hydrogen-bond acceptors (Lipinski definition) is 0. The van der Waals surface area contributed by atoms with Crippen LogP contribution in [0.25, 0.3) is 0 Å². The molecular weight excluding hydrogens is 120 g/mol. The van der Waals surface area contributed by atoms with Gasteiger partial charge in [0.25, 0.3) is 0 Å². The fraction of sp³-hybridized carbons (Fsp3) is 0.600. The van der Waals surface area contributed by atoms with Crippen LogP contribution in [0.3, 0.4) is 0 Å². The van der Waals surface area contributed by atoms with Crippen LogP contribution in [0, 0.1) is 6.08 Å². The van der Waals surface area contributed by atoms with E-state index in [2.05, 4.69) is 24.3 Å². The summed E-state index contributed by atoms with van der Waals surface area (Å²) in [6.45, 7) is 0. The highest BCUT2D eigenvalue weighted by molar-refractivity contribution is 4.86. The summed E-state index contributed by atoms with van der Waals surface area (Å²) in [6.07, 6.45) is 17.5. The van der Waals surface area contributed by atoms with E-state index in [1.165, 1.54) is 32.1 Å². The molecule has 0 spiro atoms. The number of allylic oxidation sites excluding steroid dienone is 4. The highest BCUT2D eigenvalue weighted by Crippen LogP contribution is 2.05. The Morgan fingerprint density at radius 2 is 1.70 bits per heavy atom. The topological polar surface area (TPSA) is 0 Å². The molecule has 1 aliphatic carbocycles. The van der Waals surface area contributed by atoms with Crippen molar-refractivity contribution < 1.29 is 0 Å². The molecule has 0 saturated carbocycles. The van der Waals surface area contributed by atoms with Gasteiger partial charge in [-0.25, -0.2) is 0 Å². The van der Waals surface area contributed by atoms with Crippen LogP contribution in [0.15, 0.2) is 18.2 Å². The quantitative estimate of drug-likeness (QED) is 0.447. The van der Waals surface area contributed by atoms with E-state index in [1.807, 2.05) is 0 Å². The van der Waals surface area contributed by atoms with E-state index in [0.717, 1.165) is 6.42 Å². The van der Waals surface area contributed by atoms with Crippen LogP contribution in [-0.4, -0.2) is 0 Å². The molecule has 0 heteroatoms. The normalized spacial score (nSPS) is 27.2. The monoisotopic (exact) mass is 135 g/mol. The summed E-state index contributed by atoms with van der Waals surface area (Å²) in [7, 11) is 0. The van der Waals surface area contributed by atoms with E-state index in [9.17, 15) is 0 Å². The van der Waals surface area contributed by atoms with Gasteiger partial charge in [0.05, 0.1) is 0 Å². The van der Waals surface area contributed by atoms with E-state index in [0.29, 0.717) is 0 Å². The van der Waals surface area contributed by atoms with Crippen LogP contribution in [0.1, 0.15) is 38.5 Å². The third-order valence-corrected chi connectivity index (χ3v) is 1.74. The summed E-state index contributed by atoms with van der Waals surface area (Å²) in [5.74, 6) is 0. The fourth-order valence-corrected chi connectivity index (χ4v) is 1.12. The maximum Gasteiger partial charge on any atom is -0.0245 e. The second-order valence-electron chi connectivity index (χ2n) is 2.70. The molecule has 0 bridgehead atoms. The lowest BCUT2D eigenvalue weighted by Crippen LogP contribution is -1.76. The van der Waals surface area contributed by atoms with Crippen LogP contribution in [-0.2, 0) is 0 Å². The van der Waals surface area contributed by atoms with Crippen molar-refractivity contribution in [1.29, 1.82) is 0 Å². The molecule has 0 unspecified atom stereocenters. The summed E-state index contributed by atoms with van der Waals surface area (Å²) >= 11 is 0. The lowest BCUT2D eigenvalue weighted by atomic mass is 10.1. The van der Waals surface area contributed by atoms with E-state index in [-0.39, 0.29) is 0 Å². The van der Waals surface area contributed by atoms with Crippen molar-refractivity contribution in [3.8, 4) is 0 Å². The molecule has 0 atom stereocenters. The van der Waals surface area contributed by atoms with Crippen molar-refractivity contribution >= 4 is 0 Å². The molecule has 0 heterocycles. The van der Waals surface area contributed by atoms with Gasteiger partial charge in [0.15, 0.2) is 0 Å². The van der Waals surface area contributed by atoms with Crippen LogP contribution in [0.2, 0.25) is 0 Å². The Morgan fingerprint density at radius 3 is 2.70 bits per heavy atom. The summed E-state index contributed by atoms with van der Waals surface area (Å²) in [5, 5.41) is 0. The molecule has 0 aromatic carbocycles. The summed E-state index contributed by atoms with van der Waals surface area (Å²) < 4.78 is 0. The average molecular weight is 135 g/mol. The Kier molecular flexibility index (Phi) is 4.00. The standard InChI is InChI=1S/C10H15/c1-2-4-6-8-10-9-7-5-3-1/h1-2,10H,3-7,9H2/b2-1-,10-8?. The fourth-order valence-electron chi connectivity index (χ4n) is 1.12. The smallest absolute Gasteiger partial charge is 0.0245 e. The Labute approximate surface area is 63.6 Å². The van der Waals surface area contributed by atoms with Crippen molar-refractivity contribution in [2.24, 2.45) is 0 Å². The SMILES string of the molecule is [C]1=C\CCCC/C=C\CC/1. The van der Waals surface area contributed by atoms with E-state index >= 15 is 0 Å². The van der Waals surface area contributed by atoms with Gasteiger partial charge in [0.1, 0.15) is 0 Å². The first-order valence-electron chi connectivity index (χ1n) is 4.20. The molecule has 0 nitrogen and oxygen atoms in total. The zero-order valence-electron chi connectivity index (χ0n) is 6.47.